The standard InChI is InChI=1S/C56H84O22S2/c1-10-31(57)28(2)12-16-52(5,59)51-30(4)20-40-39(73-51)26-47-56(9,76-40)50(58)49-43(72-47)24-42-48(74-49)29(3)13-17-54(7)45(71-42)27-44-55(8,78-54)18-14-32-33(70-44)21-35-34(67-32)22-36-37(68-35)23-41-38(69-36)25-46(77-80(63,64)65)53(6,75-41)15-11-19-66-79(60,61)62/h10,12,16,29,31-51,57-59H,1-2,4,11,13-15,17-27H2,3,5-9H3,(H,60,61,62)(H,63,64,65)/b16-12+/t29-,31-,32-,33+,34+,35-,36-,37+,38+,39+,40-,41-,42-,43+,44-,45+,46-,47-,48+,49+,50+,51-,52+,53+,54-,55+,56-/m0/s1. The van der Waals surface area contributed by atoms with Gasteiger partial charge in [0.15, 0.2) is 0 Å². The second kappa shape index (κ2) is 21.8. The van der Waals surface area contributed by atoms with Gasteiger partial charge in [0.05, 0.1) is 127 Å². The van der Waals surface area contributed by atoms with Crippen LogP contribution in [0.5, 0.6) is 0 Å². The summed E-state index contributed by atoms with van der Waals surface area (Å²) < 4.78 is 151. The Labute approximate surface area is 470 Å². The molecule has 0 aliphatic carbocycles. The zero-order valence-electron chi connectivity index (χ0n) is 46.7. The first-order chi connectivity index (χ1) is 37.4. The van der Waals surface area contributed by atoms with Gasteiger partial charge < -0.3 is 67.4 Å². The van der Waals surface area contributed by atoms with Crippen molar-refractivity contribution in [1.82, 2.24) is 0 Å². The third-order valence-electron chi connectivity index (χ3n) is 20.0. The molecule has 80 heavy (non-hydrogen) atoms. The number of aliphatic hydroxyl groups is 3. The van der Waals surface area contributed by atoms with Gasteiger partial charge in [-0.1, -0.05) is 38.3 Å². The zero-order valence-corrected chi connectivity index (χ0v) is 48.3. The molecule has 452 valence electrons. The summed E-state index contributed by atoms with van der Waals surface area (Å²) in [4.78, 5) is 0. The van der Waals surface area contributed by atoms with Crippen LogP contribution in [0.3, 0.4) is 0 Å². The SMILES string of the molecule is C=C[C@H](O)C(=C)/C=C/[C@@](C)(O)[C@H]1O[C@@H]2C[C@@H]3O[C@@H]4C[C@@H]5O[C@@H]6C[C@@H]7O[C@@H]8C[C@@H]9O[C@@H]%10C[C@@H]%11O[C@](C)(CCCOS(=O)(=O)O)[C@@H](OS(=O)(=O)O)C[C@H]%11O[C@H]%10C[C@H]9O[C@H]8CC[C@@]7(C)O[C@@]6(C)CC[C@H](C)[C@H]5O[C@H]4[C@@H](O)[C@@]3(C)O[C@H]2CC1=C. The van der Waals surface area contributed by atoms with E-state index in [9.17, 15) is 36.7 Å². The van der Waals surface area contributed by atoms with Crippen molar-refractivity contribution in [3.05, 3.63) is 49.1 Å². The molecule has 11 aliphatic heterocycles. The maximum Gasteiger partial charge on any atom is 0.397 e. The van der Waals surface area contributed by atoms with Crippen molar-refractivity contribution in [2.45, 2.75) is 288 Å². The van der Waals surface area contributed by atoms with Crippen LogP contribution in [0, 0.1) is 5.92 Å². The summed E-state index contributed by atoms with van der Waals surface area (Å²) in [7, 11) is -9.60. The summed E-state index contributed by atoms with van der Waals surface area (Å²) in [5, 5.41) is 34.1. The van der Waals surface area contributed by atoms with Gasteiger partial charge in [-0.3, -0.25) is 9.11 Å². The minimum atomic E-state index is -4.91. The first-order valence-electron chi connectivity index (χ1n) is 28.8. The van der Waals surface area contributed by atoms with Crippen molar-refractivity contribution in [3.63, 3.8) is 0 Å². The third kappa shape index (κ3) is 11.6. The lowest BCUT2D eigenvalue weighted by molar-refractivity contribution is -0.369. The zero-order chi connectivity index (χ0) is 57.3. The van der Waals surface area contributed by atoms with E-state index >= 15 is 0 Å². The van der Waals surface area contributed by atoms with Gasteiger partial charge in [-0.25, -0.2) is 8.37 Å². The highest BCUT2D eigenvalue weighted by atomic mass is 32.3. The average molecular weight is 1170 g/mol. The summed E-state index contributed by atoms with van der Waals surface area (Å²) in [5.41, 5.74) is -4.23. The van der Waals surface area contributed by atoms with Gasteiger partial charge in [0.1, 0.15) is 35.6 Å². The lowest BCUT2D eigenvalue weighted by atomic mass is 9.73. The second-order valence-corrected chi connectivity index (χ2v) is 28.1. The Morgan fingerprint density at radius 3 is 1.93 bits per heavy atom. The van der Waals surface area contributed by atoms with E-state index in [-0.39, 0.29) is 74.5 Å². The van der Waals surface area contributed by atoms with Crippen LogP contribution in [0.15, 0.2) is 49.1 Å². The Bertz CT molecular complexity index is 2600. The highest BCUT2D eigenvalue weighted by molar-refractivity contribution is 7.81. The van der Waals surface area contributed by atoms with E-state index in [1.807, 2.05) is 6.92 Å². The van der Waals surface area contributed by atoms with E-state index in [1.165, 1.54) is 6.08 Å². The summed E-state index contributed by atoms with van der Waals surface area (Å²) in [6.45, 7) is 23.0. The number of aliphatic hydroxyl groups excluding tert-OH is 2. The van der Waals surface area contributed by atoms with E-state index < -0.39 is 134 Å². The van der Waals surface area contributed by atoms with Gasteiger partial charge in [0, 0.05) is 44.9 Å². The van der Waals surface area contributed by atoms with Crippen LogP contribution in [0.25, 0.3) is 0 Å². The molecule has 22 nitrogen and oxygen atoms in total. The molecule has 0 aromatic carbocycles. The summed E-state index contributed by atoms with van der Waals surface area (Å²) in [5.74, 6) is 0.0538. The van der Waals surface area contributed by atoms with Crippen LogP contribution in [-0.4, -0.2) is 204 Å². The highest BCUT2D eigenvalue weighted by Gasteiger charge is 2.65. The Balaban J connectivity index is 0.744. The molecular weight excluding hydrogens is 1090 g/mol. The molecule has 0 amide bonds. The van der Waals surface area contributed by atoms with Crippen LogP contribution >= 0.6 is 0 Å². The fourth-order valence-electron chi connectivity index (χ4n) is 15.5. The van der Waals surface area contributed by atoms with E-state index in [0.29, 0.717) is 75.4 Å². The fraction of sp³-hybridized carbons (Fsp3) is 0.857. The van der Waals surface area contributed by atoms with Gasteiger partial charge in [0.25, 0.3) is 0 Å². The molecule has 0 radical (unpaired) electrons. The first-order valence-corrected chi connectivity index (χ1v) is 31.5. The quantitative estimate of drug-likeness (QED) is 0.0782. The lowest BCUT2D eigenvalue weighted by Crippen LogP contribution is -2.74. The molecule has 0 bridgehead atoms. The Morgan fingerprint density at radius 1 is 0.713 bits per heavy atom. The predicted molar refractivity (Wildman–Crippen MR) is 282 cm³/mol. The summed E-state index contributed by atoms with van der Waals surface area (Å²) in [6, 6.07) is 0. The maximum absolute atomic E-state index is 12.3. The van der Waals surface area contributed by atoms with E-state index in [2.05, 4.69) is 44.7 Å². The summed E-state index contributed by atoms with van der Waals surface area (Å²) in [6.07, 6.45) is -0.374. The largest absolute Gasteiger partial charge is 0.397 e. The van der Waals surface area contributed by atoms with Crippen LogP contribution in [0.2, 0.25) is 0 Å². The minimum absolute atomic E-state index is 0.0538. The minimum Gasteiger partial charge on any atom is -0.387 e. The molecule has 5 N–H and O–H groups in total. The molecule has 11 fully saturated rings. The molecule has 0 aromatic heterocycles. The molecule has 24 heteroatoms. The molecule has 27 atom stereocenters. The maximum atomic E-state index is 12.3. The van der Waals surface area contributed by atoms with Gasteiger partial charge in [-0.15, -0.1) is 6.58 Å². The number of hydrogen-bond acceptors (Lipinski definition) is 20. The van der Waals surface area contributed by atoms with Crippen molar-refractivity contribution < 1.29 is 102 Å². The monoisotopic (exact) mass is 1170 g/mol. The lowest BCUT2D eigenvalue weighted by Gasteiger charge is -2.61. The van der Waals surface area contributed by atoms with Gasteiger partial charge in [-0.05, 0) is 96.6 Å². The normalized spacial score (nSPS) is 50.4. The van der Waals surface area contributed by atoms with Crippen LogP contribution < -0.4 is 0 Å². The molecule has 0 aromatic rings. The molecular formula is C56H84O22S2. The average Bonchev–Trinajstić information content (AvgIpc) is 3.51. The molecule has 11 rings (SSSR count). The molecule has 0 unspecified atom stereocenters. The van der Waals surface area contributed by atoms with Crippen molar-refractivity contribution in [1.29, 1.82) is 0 Å². The molecule has 11 heterocycles. The highest BCUT2D eigenvalue weighted by Crippen LogP contribution is 2.54. The Hall–Kier alpha value is -1.86. The number of fused-ring (bicyclic) bond motifs is 10. The van der Waals surface area contributed by atoms with Crippen molar-refractivity contribution in [2.24, 2.45) is 5.92 Å². The number of rotatable bonds is 12. The van der Waals surface area contributed by atoms with Crippen molar-refractivity contribution in [3.8, 4) is 0 Å². The van der Waals surface area contributed by atoms with E-state index in [1.54, 1.807) is 26.0 Å². The molecule has 0 saturated carbocycles. The smallest absolute Gasteiger partial charge is 0.387 e. The fourth-order valence-corrected chi connectivity index (χ4v) is 16.4. The third-order valence-corrected chi connectivity index (χ3v) is 21.0. The van der Waals surface area contributed by atoms with Crippen molar-refractivity contribution >= 4 is 20.8 Å². The molecule has 11 aliphatic rings. The Morgan fingerprint density at radius 2 is 1.27 bits per heavy atom. The van der Waals surface area contributed by atoms with Crippen LogP contribution in [0.4, 0.5) is 0 Å². The van der Waals surface area contributed by atoms with Crippen LogP contribution in [0.1, 0.15) is 131 Å². The van der Waals surface area contributed by atoms with Crippen molar-refractivity contribution in [2.75, 3.05) is 6.61 Å². The number of hydrogen-bond donors (Lipinski definition) is 5. The predicted octanol–water partition coefficient (Wildman–Crippen LogP) is 4.42. The first kappa shape index (κ1) is 59.9. The topological polar surface area (TPSA) is 289 Å². The van der Waals surface area contributed by atoms with Gasteiger partial charge in [-0.2, -0.15) is 16.8 Å². The van der Waals surface area contributed by atoms with E-state index in [0.717, 1.165) is 6.42 Å². The number of ether oxygens (including phenoxy) is 11. The van der Waals surface area contributed by atoms with Crippen LogP contribution in [-0.2, 0) is 81.3 Å². The van der Waals surface area contributed by atoms with E-state index in [4.69, 9.17) is 60.8 Å². The summed E-state index contributed by atoms with van der Waals surface area (Å²) >= 11 is 0. The molecule has 11 saturated heterocycles. The Kier molecular flexibility index (Phi) is 16.3. The van der Waals surface area contributed by atoms with Gasteiger partial charge in [0.2, 0.25) is 0 Å². The molecule has 0 spiro atoms. The van der Waals surface area contributed by atoms with Gasteiger partial charge >= 0.3 is 20.8 Å². The second-order valence-electron chi connectivity index (χ2n) is 26.0.